The number of aromatic nitrogens is 2. The highest BCUT2D eigenvalue weighted by atomic mass is 16.2. The van der Waals surface area contributed by atoms with Crippen LogP contribution in [0.2, 0.25) is 0 Å². The summed E-state index contributed by atoms with van der Waals surface area (Å²) >= 11 is 0. The normalized spacial score (nSPS) is 18.9. The van der Waals surface area contributed by atoms with E-state index >= 15 is 0 Å². The van der Waals surface area contributed by atoms with Crippen LogP contribution in [-0.4, -0.2) is 59.8 Å². The summed E-state index contributed by atoms with van der Waals surface area (Å²) < 4.78 is 0. The highest BCUT2D eigenvalue weighted by Gasteiger charge is 2.13. The molecule has 2 aromatic heterocycles. The van der Waals surface area contributed by atoms with Gasteiger partial charge in [-0.25, -0.2) is 9.97 Å². The Kier molecular flexibility index (Phi) is 16.5. The van der Waals surface area contributed by atoms with Gasteiger partial charge in [-0.15, -0.1) is 0 Å². The molecule has 2 aromatic rings. The molecule has 0 radical (unpaired) electrons. The van der Waals surface area contributed by atoms with E-state index in [1.54, 1.807) is 36.4 Å². The van der Waals surface area contributed by atoms with Gasteiger partial charge in [-0.2, -0.15) is 0 Å². The molecule has 1 aliphatic rings. The van der Waals surface area contributed by atoms with Crippen LogP contribution in [0.3, 0.4) is 0 Å². The Hall–Kier alpha value is -3.82. The lowest BCUT2D eigenvalue weighted by atomic mass is 10.1. The van der Waals surface area contributed by atoms with E-state index in [-0.39, 0.29) is 46.4 Å². The molecule has 0 saturated carbocycles. The van der Waals surface area contributed by atoms with E-state index in [1.807, 2.05) is 0 Å². The maximum absolute atomic E-state index is 12.5. The zero-order valence-electron chi connectivity index (χ0n) is 26.1. The topological polar surface area (TPSA) is 142 Å². The van der Waals surface area contributed by atoms with Crippen molar-refractivity contribution in [2.75, 3.05) is 26.2 Å². The van der Waals surface area contributed by atoms with Gasteiger partial charge in [-0.1, -0.05) is 89.2 Å². The average Bonchev–Trinajstić information content (AvgIpc) is 3.05. The summed E-state index contributed by atoms with van der Waals surface area (Å²) in [6.45, 7) is 2.33. The monoisotopic (exact) mass is 606 g/mol. The van der Waals surface area contributed by atoms with Crippen LogP contribution in [0.25, 0.3) is 0 Å². The number of carbonyl (C=O) groups is 4. The first kappa shape index (κ1) is 34.7. The van der Waals surface area contributed by atoms with Crippen molar-refractivity contribution in [2.24, 2.45) is 0 Å². The van der Waals surface area contributed by atoms with Crippen molar-refractivity contribution in [1.29, 1.82) is 0 Å². The zero-order valence-corrected chi connectivity index (χ0v) is 26.1. The summed E-state index contributed by atoms with van der Waals surface area (Å²) in [5.41, 5.74) is 1.05. The fourth-order valence-electron chi connectivity index (χ4n) is 5.17. The number of fused-ring (bicyclic) bond motifs is 4. The van der Waals surface area contributed by atoms with Crippen molar-refractivity contribution >= 4 is 23.6 Å². The number of hydrogen-bond acceptors (Lipinski definition) is 6. The predicted molar refractivity (Wildman–Crippen MR) is 172 cm³/mol. The standard InChI is InChI=1S/C34H50N6O4/c41-31-27-19-17-21-29(39-27)33(43)37-25-15-11-7-3-4-8-12-16-26-38-34(44)30-22-18-20-28(40-30)32(42)36-24-14-10-6-2-1-5-9-13-23-35-31/h17-22H,1-16,23-26H2,(H,35,41)(H,36,42)(H,37,43)(H,38,44). The summed E-state index contributed by atoms with van der Waals surface area (Å²) in [6.07, 6.45) is 16.7. The van der Waals surface area contributed by atoms with Gasteiger partial charge in [0.1, 0.15) is 22.8 Å². The SMILES string of the molecule is O=C1NCCCCCCCCCCNC(=O)c2cccc(n2)C(=O)NCCCCCCCCCCNC(=O)c2cccc1n2. The second kappa shape index (κ2) is 21.0. The molecule has 240 valence electrons. The van der Waals surface area contributed by atoms with Crippen molar-refractivity contribution in [3.05, 3.63) is 59.2 Å². The Morgan fingerprint density at radius 2 is 0.545 bits per heavy atom. The minimum absolute atomic E-state index is 0.253. The molecule has 0 aromatic carbocycles. The fraction of sp³-hybridized carbons (Fsp3) is 0.588. The number of pyridine rings is 2. The van der Waals surface area contributed by atoms with Crippen LogP contribution in [0.5, 0.6) is 0 Å². The Balaban J connectivity index is 1.43. The quantitative estimate of drug-likeness (QED) is 0.318. The van der Waals surface area contributed by atoms with Gasteiger partial charge in [-0.3, -0.25) is 19.2 Å². The van der Waals surface area contributed by atoms with E-state index in [0.717, 1.165) is 103 Å². The molecular weight excluding hydrogens is 556 g/mol. The van der Waals surface area contributed by atoms with Gasteiger partial charge >= 0.3 is 0 Å². The number of nitrogens with zero attached hydrogens (tertiary/aromatic N) is 2. The molecule has 4 amide bonds. The molecule has 4 N–H and O–H groups in total. The summed E-state index contributed by atoms with van der Waals surface area (Å²) in [5.74, 6) is -1.01. The third kappa shape index (κ3) is 13.7. The smallest absolute Gasteiger partial charge is 0.269 e. The highest BCUT2D eigenvalue weighted by Crippen LogP contribution is 2.10. The average molecular weight is 607 g/mol. The molecule has 10 nitrogen and oxygen atoms in total. The van der Waals surface area contributed by atoms with Crippen LogP contribution in [0.15, 0.2) is 36.4 Å². The van der Waals surface area contributed by atoms with E-state index in [4.69, 9.17) is 0 Å². The van der Waals surface area contributed by atoms with E-state index in [9.17, 15) is 19.2 Å². The maximum atomic E-state index is 12.5. The molecule has 3 heterocycles. The Bertz CT molecular complexity index is 1010. The van der Waals surface area contributed by atoms with Crippen molar-refractivity contribution in [2.45, 2.75) is 103 Å². The molecule has 10 heteroatoms. The van der Waals surface area contributed by atoms with Gasteiger partial charge in [-0.05, 0) is 49.9 Å². The largest absolute Gasteiger partial charge is 0.351 e. The van der Waals surface area contributed by atoms with Crippen molar-refractivity contribution in [1.82, 2.24) is 31.2 Å². The predicted octanol–water partition coefficient (Wildman–Crippen LogP) is 5.35. The van der Waals surface area contributed by atoms with Gasteiger partial charge in [0.2, 0.25) is 0 Å². The minimum Gasteiger partial charge on any atom is -0.351 e. The maximum Gasteiger partial charge on any atom is 0.269 e. The minimum atomic E-state index is -0.253. The summed E-state index contributed by atoms with van der Waals surface area (Å²) in [5, 5.41) is 11.7. The molecule has 0 spiro atoms. The van der Waals surface area contributed by atoms with Crippen molar-refractivity contribution in [3.8, 4) is 0 Å². The second-order valence-corrected chi connectivity index (χ2v) is 11.5. The van der Waals surface area contributed by atoms with Crippen LogP contribution in [0, 0.1) is 0 Å². The summed E-state index contributed by atoms with van der Waals surface area (Å²) in [7, 11) is 0. The Morgan fingerprint density at radius 3 is 0.773 bits per heavy atom. The first-order valence-corrected chi connectivity index (χ1v) is 16.6. The van der Waals surface area contributed by atoms with Gasteiger partial charge in [0, 0.05) is 26.2 Å². The highest BCUT2D eigenvalue weighted by molar-refractivity contribution is 5.97. The molecule has 0 atom stereocenters. The molecule has 0 unspecified atom stereocenters. The van der Waals surface area contributed by atoms with E-state index < -0.39 is 0 Å². The summed E-state index contributed by atoms with van der Waals surface area (Å²) in [6, 6.07) is 9.94. The third-order valence-electron chi connectivity index (χ3n) is 7.78. The van der Waals surface area contributed by atoms with E-state index in [0.29, 0.717) is 26.2 Å². The first-order chi connectivity index (χ1) is 21.5. The lowest BCUT2D eigenvalue weighted by molar-refractivity contribution is 0.0927. The number of amides is 4. The Morgan fingerprint density at radius 1 is 0.341 bits per heavy atom. The number of nitrogens with one attached hydrogen (secondary N) is 4. The second-order valence-electron chi connectivity index (χ2n) is 11.5. The molecule has 0 fully saturated rings. The molecule has 0 aliphatic carbocycles. The van der Waals surface area contributed by atoms with Crippen molar-refractivity contribution in [3.63, 3.8) is 0 Å². The van der Waals surface area contributed by atoms with Gasteiger partial charge in [0.25, 0.3) is 23.6 Å². The molecule has 0 saturated heterocycles. The van der Waals surface area contributed by atoms with E-state index in [2.05, 4.69) is 31.2 Å². The van der Waals surface area contributed by atoms with Gasteiger partial charge in [0.15, 0.2) is 0 Å². The molecular formula is C34H50N6O4. The molecule has 1 aliphatic heterocycles. The first-order valence-electron chi connectivity index (χ1n) is 16.6. The van der Waals surface area contributed by atoms with Gasteiger partial charge < -0.3 is 21.3 Å². The number of carbonyl (C=O) groups excluding carboxylic acids is 4. The van der Waals surface area contributed by atoms with E-state index in [1.165, 1.54) is 0 Å². The summed E-state index contributed by atoms with van der Waals surface area (Å²) in [4.78, 5) is 58.6. The van der Waals surface area contributed by atoms with Crippen LogP contribution >= 0.6 is 0 Å². The number of hydrogen-bond donors (Lipinski definition) is 4. The van der Waals surface area contributed by atoms with Crippen LogP contribution in [0.4, 0.5) is 0 Å². The fourth-order valence-corrected chi connectivity index (χ4v) is 5.17. The lowest BCUT2D eigenvalue weighted by Gasteiger charge is -2.08. The van der Waals surface area contributed by atoms with Crippen LogP contribution in [-0.2, 0) is 0 Å². The number of rotatable bonds is 0. The zero-order chi connectivity index (χ0) is 31.2. The van der Waals surface area contributed by atoms with Crippen molar-refractivity contribution < 1.29 is 19.2 Å². The van der Waals surface area contributed by atoms with Crippen LogP contribution in [0.1, 0.15) is 145 Å². The van der Waals surface area contributed by atoms with Gasteiger partial charge in [0.05, 0.1) is 0 Å². The lowest BCUT2D eigenvalue weighted by Crippen LogP contribution is -2.28. The molecule has 3 rings (SSSR count). The molecule has 4 bridgehead atoms. The third-order valence-corrected chi connectivity index (χ3v) is 7.78. The molecule has 44 heavy (non-hydrogen) atoms. The van der Waals surface area contributed by atoms with Crippen LogP contribution < -0.4 is 21.3 Å². The Labute approximate surface area is 262 Å².